The highest BCUT2D eigenvalue weighted by Gasteiger charge is 2.18. The first-order valence-electron chi connectivity index (χ1n) is 6.01. The average Bonchev–Trinajstić information content (AvgIpc) is 2.37. The second kappa shape index (κ2) is 4.08. The fourth-order valence-electron chi connectivity index (χ4n) is 2.69. The van der Waals surface area contributed by atoms with Gasteiger partial charge < -0.3 is 5.11 Å². The van der Waals surface area contributed by atoms with Crippen LogP contribution in [-0.2, 0) is 19.4 Å². The van der Waals surface area contributed by atoms with E-state index in [1.807, 2.05) is 6.07 Å². The van der Waals surface area contributed by atoms with Gasteiger partial charge in [-0.25, -0.2) is 9.37 Å². The van der Waals surface area contributed by atoms with Crippen LogP contribution in [0, 0.1) is 5.82 Å². The Bertz CT molecular complexity index is 580. The number of fused-ring (bicyclic) bond motifs is 2. The third-order valence-corrected chi connectivity index (χ3v) is 3.52. The van der Waals surface area contributed by atoms with E-state index in [1.165, 1.54) is 6.07 Å². The quantitative estimate of drug-likeness (QED) is 0.818. The van der Waals surface area contributed by atoms with Crippen molar-refractivity contribution in [2.45, 2.75) is 32.3 Å². The number of para-hydroxylation sites is 1. The van der Waals surface area contributed by atoms with E-state index in [9.17, 15) is 9.50 Å². The first kappa shape index (κ1) is 10.7. The van der Waals surface area contributed by atoms with E-state index < -0.39 is 0 Å². The molecule has 1 aromatic carbocycles. The highest BCUT2D eigenvalue weighted by Crippen LogP contribution is 2.30. The Balaban J connectivity index is 2.39. The number of pyridine rings is 1. The second-order valence-electron chi connectivity index (χ2n) is 4.52. The number of aliphatic hydroxyl groups is 1. The van der Waals surface area contributed by atoms with Gasteiger partial charge in [0, 0.05) is 11.1 Å². The van der Waals surface area contributed by atoms with E-state index in [-0.39, 0.29) is 12.4 Å². The number of aromatic nitrogens is 1. The van der Waals surface area contributed by atoms with Gasteiger partial charge in [-0.1, -0.05) is 12.1 Å². The first-order valence-corrected chi connectivity index (χ1v) is 6.01. The first-order chi connectivity index (χ1) is 8.31. The smallest absolute Gasteiger partial charge is 0.149 e. The van der Waals surface area contributed by atoms with E-state index in [2.05, 4.69) is 4.98 Å². The maximum absolute atomic E-state index is 13.7. The van der Waals surface area contributed by atoms with Crippen LogP contribution >= 0.6 is 0 Å². The highest BCUT2D eigenvalue weighted by atomic mass is 19.1. The van der Waals surface area contributed by atoms with Gasteiger partial charge in [0.1, 0.15) is 11.3 Å². The zero-order valence-corrected chi connectivity index (χ0v) is 9.54. The van der Waals surface area contributed by atoms with E-state index >= 15 is 0 Å². The summed E-state index contributed by atoms with van der Waals surface area (Å²) in [6.07, 6.45) is 4.07. The van der Waals surface area contributed by atoms with Crippen molar-refractivity contribution in [1.82, 2.24) is 4.98 Å². The molecule has 0 amide bonds. The largest absolute Gasteiger partial charge is 0.392 e. The zero-order valence-electron chi connectivity index (χ0n) is 9.54. The van der Waals surface area contributed by atoms with Crippen LogP contribution in [0.15, 0.2) is 18.2 Å². The minimum absolute atomic E-state index is 0.0369. The van der Waals surface area contributed by atoms with E-state index in [4.69, 9.17) is 0 Å². The molecule has 2 nitrogen and oxygen atoms in total. The van der Waals surface area contributed by atoms with Crippen molar-refractivity contribution in [3.05, 3.63) is 40.8 Å². The van der Waals surface area contributed by atoms with Crippen molar-refractivity contribution < 1.29 is 9.50 Å². The molecule has 2 aromatic rings. The molecule has 0 saturated heterocycles. The Morgan fingerprint density at radius 1 is 1.24 bits per heavy atom. The van der Waals surface area contributed by atoms with E-state index in [1.54, 1.807) is 6.07 Å². The van der Waals surface area contributed by atoms with Crippen molar-refractivity contribution in [3.63, 3.8) is 0 Å². The molecule has 1 aliphatic rings. The highest BCUT2D eigenvalue weighted by molar-refractivity contribution is 5.84. The number of aliphatic hydroxyl groups excluding tert-OH is 1. The van der Waals surface area contributed by atoms with Crippen LogP contribution in [-0.4, -0.2) is 10.1 Å². The molecule has 0 fully saturated rings. The van der Waals surface area contributed by atoms with Crippen LogP contribution in [0.2, 0.25) is 0 Å². The second-order valence-corrected chi connectivity index (χ2v) is 4.52. The zero-order chi connectivity index (χ0) is 11.8. The molecule has 0 saturated carbocycles. The number of aryl methyl sites for hydroxylation is 1. The van der Waals surface area contributed by atoms with Crippen molar-refractivity contribution in [2.75, 3.05) is 0 Å². The molecule has 0 unspecified atom stereocenters. The number of hydrogen-bond donors (Lipinski definition) is 1. The number of benzene rings is 1. The molecule has 0 spiro atoms. The number of halogens is 1. The SMILES string of the molecule is OCc1c2c(nc3c(F)cccc13)CCCC2. The summed E-state index contributed by atoms with van der Waals surface area (Å²) < 4.78 is 13.7. The molecular formula is C14H14FNO. The minimum Gasteiger partial charge on any atom is -0.392 e. The third kappa shape index (κ3) is 1.62. The van der Waals surface area contributed by atoms with Gasteiger partial charge in [0.15, 0.2) is 0 Å². The Morgan fingerprint density at radius 3 is 2.88 bits per heavy atom. The Morgan fingerprint density at radius 2 is 2.06 bits per heavy atom. The summed E-state index contributed by atoms with van der Waals surface area (Å²) in [5.74, 6) is -0.300. The van der Waals surface area contributed by atoms with Crippen LogP contribution in [0.1, 0.15) is 29.7 Å². The molecule has 17 heavy (non-hydrogen) atoms. The Kier molecular flexibility index (Phi) is 2.56. The lowest BCUT2D eigenvalue weighted by atomic mass is 9.90. The van der Waals surface area contributed by atoms with Crippen LogP contribution in [0.4, 0.5) is 4.39 Å². The summed E-state index contributed by atoms with van der Waals surface area (Å²) in [5.41, 5.74) is 3.37. The number of nitrogens with zero attached hydrogens (tertiary/aromatic N) is 1. The van der Waals surface area contributed by atoms with Gasteiger partial charge in [0.05, 0.1) is 6.61 Å². The Labute approximate surface area is 99.1 Å². The van der Waals surface area contributed by atoms with Crippen LogP contribution in [0.25, 0.3) is 10.9 Å². The fourth-order valence-corrected chi connectivity index (χ4v) is 2.69. The molecule has 1 heterocycles. The monoisotopic (exact) mass is 231 g/mol. The molecule has 1 aliphatic carbocycles. The van der Waals surface area contributed by atoms with E-state index in [0.29, 0.717) is 5.52 Å². The van der Waals surface area contributed by atoms with Gasteiger partial charge in [-0.2, -0.15) is 0 Å². The van der Waals surface area contributed by atoms with Crippen molar-refractivity contribution in [1.29, 1.82) is 0 Å². The molecule has 0 aliphatic heterocycles. The normalized spacial score (nSPS) is 14.9. The van der Waals surface area contributed by atoms with Crippen molar-refractivity contribution >= 4 is 10.9 Å². The lowest BCUT2D eigenvalue weighted by Gasteiger charge is -2.19. The summed E-state index contributed by atoms with van der Waals surface area (Å²) in [6.45, 7) is -0.0369. The van der Waals surface area contributed by atoms with Gasteiger partial charge in [0.2, 0.25) is 0 Å². The topological polar surface area (TPSA) is 33.1 Å². The number of rotatable bonds is 1. The molecule has 1 N–H and O–H groups in total. The fraction of sp³-hybridized carbons (Fsp3) is 0.357. The van der Waals surface area contributed by atoms with Gasteiger partial charge in [-0.05, 0) is 42.9 Å². The predicted octanol–water partition coefficient (Wildman–Crippen LogP) is 2.75. The molecule has 88 valence electrons. The van der Waals surface area contributed by atoms with Gasteiger partial charge >= 0.3 is 0 Å². The van der Waals surface area contributed by atoms with Crippen LogP contribution < -0.4 is 0 Å². The lowest BCUT2D eigenvalue weighted by molar-refractivity contribution is 0.281. The molecule has 3 rings (SSSR count). The summed E-state index contributed by atoms with van der Waals surface area (Å²) in [6, 6.07) is 4.94. The standard InChI is InChI=1S/C14H14FNO/c15-12-6-3-5-10-11(8-17)9-4-1-2-7-13(9)16-14(10)12/h3,5-6,17H,1-2,4,7-8H2. The molecule has 0 bridgehead atoms. The summed E-state index contributed by atoms with van der Waals surface area (Å²) in [4.78, 5) is 4.44. The third-order valence-electron chi connectivity index (χ3n) is 3.52. The molecule has 3 heteroatoms. The van der Waals surface area contributed by atoms with E-state index in [0.717, 1.165) is 47.9 Å². The van der Waals surface area contributed by atoms with Gasteiger partial charge in [-0.3, -0.25) is 0 Å². The predicted molar refractivity (Wildman–Crippen MR) is 64.3 cm³/mol. The van der Waals surface area contributed by atoms with Crippen molar-refractivity contribution in [2.24, 2.45) is 0 Å². The van der Waals surface area contributed by atoms with Crippen LogP contribution in [0.5, 0.6) is 0 Å². The van der Waals surface area contributed by atoms with Gasteiger partial charge in [-0.15, -0.1) is 0 Å². The average molecular weight is 231 g/mol. The lowest BCUT2D eigenvalue weighted by Crippen LogP contribution is -2.10. The maximum atomic E-state index is 13.7. The molecule has 0 atom stereocenters. The molecule has 1 aromatic heterocycles. The summed E-state index contributed by atoms with van der Waals surface area (Å²) >= 11 is 0. The summed E-state index contributed by atoms with van der Waals surface area (Å²) in [5, 5.41) is 10.3. The van der Waals surface area contributed by atoms with Gasteiger partial charge in [0.25, 0.3) is 0 Å². The Hall–Kier alpha value is -1.48. The molecule has 0 radical (unpaired) electrons. The van der Waals surface area contributed by atoms with Crippen LogP contribution in [0.3, 0.4) is 0 Å². The minimum atomic E-state index is -0.300. The maximum Gasteiger partial charge on any atom is 0.149 e. The molecular weight excluding hydrogens is 217 g/mol. The number of hydrogen-bond acceptors (Lipinski definition) is 2. The van der Waals surface area contributed by atoms with Crippen molar-refractivity contribution in [3.8, 4) is 0 Å². The summed E-state index contributed by atoms with van der Waals surface area (Å²) in [7, 11) is 0.